The van der Waals surface area contributed by atoms with E-state index in [9.17, 15) is 14.4 Å². The second kappa shape index (κ2) is 16.4. The van der Waals surface area contributed by atoms with Crippen LogP contribution in [0.15, 0.2) is 24.3 Å². The number of aryl methyl sites for hydroxylation is 1. The molecule has 0 saturated carbocycles. The lowest BCUT2D eigenvalue weighted by atomic mass is 9.95. The lowest BCUT2D eigenvalue weighted by molar-refractivity contribution is -0.143. The fourth-order valence-electron chi connectivity index (χ4n) is 4.31. The summed E-state index contributed by atoms with van der Waals surface area (Å²) in [6.45, 7) is 17.7. The van der Waals surface area contributed by atoms with E-state index in [0.717, 1.165) is 36.8 Å². The summed E-state index contributed by atoms with van der Waals surface area (Å²) in [5.74, 6) is -0.625. The maximum Gasteiger partial charge on any atom is 0.408 e. The van der Waals surface area contributed by atoms with Gasteiger partial charge in [-0.15, -0.1) is 0 Å². The standard InChI is InChI=1S/C31H53N3O4/c1-10-12-13-14-15-16-21-34(27(28(35)32-22(3)4)25-19-17-23(5)18-20-25)29(36)26(24(6)11-2)33-30(37)38-31(7,8)9/h17-20,22,24,26-27H,10-16,21H2,1-9H3,(H,32,35)(H,33,37). The van der Waals surface area contributed by atoms with E-state index in [4.69, 9.17) is 4.74 Å². The van der Waals surface area contributed by atoms with Gasteiger partial charge in [-0.25, -0.2) is 4.79 Å². The van der Waals surface area contributed by atoms with Gasteiger partial charge in [-0.1, -0.05) is 89.1 Å². The summed E-state index contributed by atoms with van der Waals surface area (Å²) in [5, 5.41) is 5.85. The predicted octanol–water partition coefficient (Wildman–Crippen LogP) is 6.69. The van der Waals surface area contributed by atoms with Crippen LogP contribution in [0, 0.1) is 12.8 Å². The molecule has 1 aromatic rings. The third-order valence-electron chi connectivity index (χ3n) is 6.57. The van der Waals surface area contributed by atoms with Crippen molar-refractivity contribution in [3.05, 3.63) is 35.4 Å². The number of benzene rings is 1. The molecule has 2 N–H and O–H groups in total. The Labute approximate surface area is 231 Å². The monoisotopic (exact) mass is 531 g/mol. The second-order valence-electron chi connectivity index (χ2n) is 11.8. The van der Waals surface area contributed by atoms with E-state index in [0.29, 0.717) is 13.0 Å². The summed E-state index contributed by atoms with van der Waals surface area (Å²) in [5.41, 5.74) is 1.15. The molecule has 1 aromatic carbocycles. The minimum atomic E-state index is -0.810. The molecule has 0 fully saturated rings. The largest absolute Gasteiger partial charge is 0.444 e. The van der Waals surface area contributed by atoms with Gasteiger partial charge in [-0.2, -0.15) is 0 Å². The van der Waals surface area contributed by atoms with E-state index in [-0.39, 0.29) is 23.8 Å². The zero-order valence-corrected chi connectivity index (χ0v) is 25.4. The van der Waals surface area contributed by atoms with Crippen molar-refractivity contribution >= 4 is 17.9 Å². The maximum atomic E-state index is 14.3. The molecule has 0 aliphatic heterocycles. The number of rotatable bonds is 15. The minimum Gasteiger partial charge on any atom is -0.444 e. The Morgan fingerprint density at radius 2 is 1.47 bits per heavy atom. The molecule has 7 heteroatoms. The van der Waals surface area contributed by atoms with Crippen molar-refractivity contribution in [2.45, 2.75) is 131 Å². The summed E-state index contributed by atoms with van der Waals surface area (Å²) in [4.78, 5) is 42.3. The van der Waals surface area contributed by atoms with Crippen LogP contribution in [-0.2, 0) is 14.3 Å². The topological polar surface area (TPSA) is 87.7 Å². The van der Waals surface area contributed by atoms with E-state index in [1.54, 1.807) is 25.7 Å². The van der Waals surface area contributed by atoms with Crippen molar-refractivity contribution < 1.29 is 19.1 Å². The van der Waals surface area contributed by atoms with Crippen LogP contribution in [0.25, 0.3) is 0 Å². The van der Waals surface area contributed by atoms with Crippen LogP contribution in [0.3, 0.4) is 0 Å². The fourth-order valence-corrected chi connectivity index (χ4v) is 4.31. The lowest BCUT2D eigenvalue weighted by Gasteiger charge is -2.36. The highest BCUT2D eigenvalue weighted by molar-refractivity contribution is 5.92. The fraction of sp³-hybridized carbons (Fsp3) is 0.710. The van der Waals surface area contributed by atoms with Crippen LogP contribution in [0.2, 0.25) is 0 Å². The smallest absolute Gasteiger partial charge is 0.408 e. The molecule has 38 heavy (non-hydrogen) atoms. The van der Waals surface area contributed by atoms with E-state index in [2.05, 4.69) is 17.6 Å². The van der Waals surface area contributed by atoms with Gasteiger partial charge in [-0.05, 0) is 59.4 Å². The number of alkyl carbamates (subject to hydrolysis) is 1. The number of carbonyl (C=O) groups is 3. The van der Waals surface area contributed by atoms with Gasteiger partial charge in [0.1, 0.15) is 17.7 Å². The Hall–Kier alpha value is -2.57. The number of nitrogens with one attached hydrogen (secondary N) is 2. The Balaban J connectivity index is 3.43. The third-order valence-corrected chi connectivity index (χ3v) is 6.57. The van der Waals surface area contributed by atoms with E-state index < -0.39 is 23.8 Å². The molecule has 0 bridgehead atoms. The molecule has 0 saturated heterocycles. The van der Waals surface area contributed by atoms with Crippen molar-refractivity contribution in [3.63, 3.8) is 0 Å². The van der Waals surface area contributed by atoms with Gasteiger partial charge in [0.25, 0.3) is 0 Å². The van der Waals surface area contributed by atoms with Crippen molar-refractivity contribution in [1.29, 1.82) is 0 Å². The first-order valence-corrected chi connectivity index (χ1v) is 14.5. The average molecular weight is 532 g/mol. The molecule has 0 heterocycles. The van der Waals surface area contributed by atoms with Crippen LogP contribution < -0.4 is 10.6 Å². The number of amides is 3. The molecule has 1 rings (SSSR count). The number of nitrogens with zero attached hydrogens (tertiary/aromatic N) is 1. The molecule has 0 aliphatic carbocycles. The number of hydrogen-bond donors (Lipinski definition) is 2. The molecule has 3 unspecified atom stereocenters. The minimum absolute atomic E-state index is 0.0771. The lowest BCUT2D eigenvalue weighted by Crippen LogP contribution is -2.55. The van der Waals surface area contributed by atoms with Gasteiger partial charge < -0.3 is 20.3 Å². The Morgan fingerprint density at radius 3 is 2.00 bits per heavy atom. The summed E-state index contributed by atoms with van der Waals surface area (Å²) in [7, 11) is 0. The zero-order chi connectivity index (χ0) is 28.9. The molecule has 3 atom stereocenters. The van der Waals surface area contributed by atoms with Gasteiger partial charge in [0, 0.05) is 12.6 Å². The number of unbranched alkanes of at least 4 members (excludes halogenated alkanes) is 5. The molecular weight excluding hydrogens is 478 g/mol. The summed E-state index contributed by atoms with van der Waals surface area (Å²) in [6, 6.07) is 6.07. The van der Waals surface area contributed by atoms with Crippen LogP contribution in [-0.4, -0.2) is 47.0 Å². The van der Waals surface area contributed by atoms with Gasteiger partial charge >= 0.3 is 6.09 Å². The van der Waals surface area contributed by atoms with Crippen LogP contribution in [0.1, 0.15) is 118 Å². The molecule has 3 amide bonds. The third kappa shape index (κ3) is 11.9. The molecule has 0 radical (unpaired) electrons. The van der Waals surface area contributed by atoms with Gasteiger partial charge in [0.05, 0.1) is 0 Å². The van der Waals surface area contributed by atoms with Crippen LogP contribution >= 0.6 is 0 Å². The molecule has 0 aromatic heterocycles. The van der Waals surface area contributed by atoms with Crippen molar-refractivity contribution in [2.24, 2.45) is 5.92 Å². The van der Waals surface area contributed by atoms with Gasteiger partial charge in [-0.3, -0.25) is 9.59 Å². The molecule has 0 spiro atoms. The Bertz CT molecular complexity index is 861. The molecule has 216 valence electrons. The molecule has 7 nitrogen and oxygen atoms in total. The molecular formula is C31H53N3O4. The first-order chi connectivity index (χ1) is 17.8. The second-order valence-corrected chi connectivity index (χ2v) is 11.8. The zero-order valence-electron chi connectivity index (χ0n) is 25.4. The van der Waals surface area contributed by atoms with Crippen molar-refractivity contribution in [3.8, 4) is 0 Å². The highest BCUT2D eigenvalue weighted by atomic mass is 16.6. The summed E-state index contributed by atoms with van der Waals surface area (Å²) < 4.78 is 5.49. The normalized spacial score (nSPS) is 13.9. The quantitative estimate of drug-likeness (QED) is 0.247. The average Bonchev–Trinajstić information content (AvgIpc) is 2.82. The van der Waals surface area contributed by atoms with E-state index in [1.165, 1.54) is 12.8 Å². The predicted molar refractivity (Wildman–Crippen MR) is 155 cm³/mol. The molecule has 0 aliphatic rings. The van der Waals surface area contributed by atoms with Crippen molar-refractivity contribution in [2.75, 3.05) is 6.54 Å². The Kier molecular flexibility index (Phi) is 14.4. The Morgan fingerprint density at radius 1 is 0.895 bits per heavy atom. The summed E-state index contributed by atoms with van der Waals surface area (Å²) >= 11 is 0. The number of carbonyl (C=O) groups excluding carboxylic acids is 3. The van der Waals surface area contributed by atoms with E-state index in [1.807, 2.05) is 58.9 Å². The van der Waals surface area contributed by atoms with Crippen molar-refractivity contribution in [1.82, 2.24) is 15.5 Å². The van der Waals surface area contributed by atoms with Gasteiger partial charge in [0.2, 0.25) is 11.8 Å². The highest BCUT2D eigenvalue weighted by Gasteiger charge is 2.38. The SMILES string of the molecule is CCCCCCCCN(C(=O)C(NC(=O)OC(C)(C)C)C(C)CC)C(C(=O)NC(C)C)c1ccc(C)cc1. The van der Waals surface area contributed by atoms with Crippen LogP contribution in [0.4, 0.5) is 4.79 Å². The maximum absolute atomic E-state index is 14.3. The summed E-state index contributed by atoms with van der Waals surface area (Å²) in [6.07, 6.45) is 6.43. The van der Waals surface area contributed by atoms with E-state index >= 15 is 0 Å². The first-order valence-electron chi connectivity index (χ1n) is 14.5. The van der Waals surface area contributed by atoms with Gasteiger partial charge in [0.15, 0.2) is 0 Å². The highest BCUT2D eigenvalue weighted by Crippen LogP contribution is 2.26. The first kappa shape index (κ1) is 33.5. The van der Waals surface area contributed by atoms with Crippen LogP contribution in [0.5, 0.6) is 0 Å². The number of hydrogen-bond acceptors (Lipinski definition) is 4. The number of ether oxygens (including phenoxy) is 1.